The largest absolute Gasteiger partial charge is 0.422 e. The van der Waals surface area contributed by atoms with Crippen molar-refractivity contribution in [2.24, 2.45) is 11.8 Å². The minimum atomic E-state index is -0.889. The highest BCUT2D eigenvalue weighted by Gasteiger charge is 2.24. The van der Waals surface area contributed by atoms with E-state index in [1.54, 1.807) is 0 Å². The van der Waals surface area contributed by atoms with Gasteiger partial charge in [0.2, 0.25) is 0 Å². The highest BCUT2D eigenvalue weighted by atomic mass is 16.7. The van der Waals surface area contributed by atoms with E-state index >= 15 is 0 Å². The summed E-state index contributed by atoms with van der Waals surface area (Å²) in [5.41, 5.74) is 0. The van der Waals surface area contributed by atoms with Crippen LogP contribution >= 0.6 is 0 Å². The fourth-order valence-corrected chi connectivity index (χ4v) is 1.31. The van der Waals surface area contributed by atoms with Gasteiger partial charge in [0.25, 0.3) is 6.29 Å². The molecule has 0 radical (unpaired) electrons. The van der Waals surface area contributed by atoms with Crippen LogP contribution < -0.4 is 0 Å². The van der Waals surface area contributed by atoms with Crippen LogP contribution in [0.3, 0.4) is 0 Å². The van der Waals surface area contributed by atoms with Gasteiger partial charge >= 0.3 is 11.9 Å². The number of hydrogen-bond donors (Lipinski definition) is 0. The van der Waals surface area contributed by atoms with Gasteiger partial charge in [-0.3, -0.25) is 0 Å². The van der Waals surface area contributed by atoms with Crippen LogP contribution in [0.5, 0.6) is 0 Å². The Morgan fingerprint density at radius 3 is 1.78 bits per heavy atom. The molecule has 0 rings (SSSR count). The maximum Gasteiger partial charge on any atom is 0.333 e. The molecule has 0 bridgehead atoms. The van der Waals surface area contributed by atoms with E-state index < -0.39 is 18.2 Å². The molecule has 0 aliphatic rings. The lowest BCUT2D eigenvalue weighted by atomic mass is 9.99. The van der Waals surface area contributed by atoms with Crippen molar-refractivity contribution in [3.05, 3.63) is 25.3 Å². The molecule has 0 N–H and O–H groups in total. The minimum Gasteiger partial charge on any atom is -0.422 e. The molecule has 0 aliphatic carbocycles. The predicted octanol–water partition coefficient (Wildman–Crippen LogP) is 2.84. The molecular formula is C14H22O4. The second kappa shape index (κ2) is 8.50. The normalized spacial score (nSPS) is 12.1. The average Bonchev–Trinajstić information content (AvgIpc) is 2.34. The molecule has 0 heterocycles. The third-order valence-corrected chi connectivity index (χ3v) is 2.46. The summed E-state index contributed by atoms with van der Waals surface area (Å²) >= 11 is 0. The third kappa shape index (κ3) is 6.89. The van der Waals surface area contributed by atoms with Crippen LogP contribution in [0.1, 0.15) is 33.6 Å². The fraction of sp³-hybridized carbons (Fsp3) is 0.571. The Balaban J connectivity index is 4.51. The van der Waals surface area contributed by atoms with Crippen molar-refractivity contribution in [1.82, 2.24) is 0 Å². The summed E-state index contributed by atoms with van der Waals surface area (Å²) in [5.74, 6) is -0.736. The molecule has 0 aliphatic heterocycles. The van der Waals surface area contributed by atoms with Crippen molar-refractivity contribution in [3.8, 4) is 0 Å². The lowest BCUT2D eigenvalue weighted by molar-refractivity contribution is -0.190. The van der Waals surface area contributed by atoms with Crippen molar-refractivity contribution >= 4 is 11.9 Å². The SMILES string of the molecule is C=CC(=O)OC(OC(=O)C=C)C(C)CCC(C)C. The molecule has 18 heavy (non-hydrogen) atoms. The van der Waals surface area contributed by atoms with Crippen LogP contribution in [0.25, 0.3) is 0 Å². The van der Waals surface area contributed by atoms with E-state index in [0.29, 0.717) is 5.92 Å². The second-order valence-corrected chi connectivity index (χ2v) is 4.60. The summed E-state index contributed by atoms with van der Waals surface area (Å²) in [7, 11) is 0. The van der Waals surface area contributed by atoms with Crippen LogP contribution in [-0.2, 0) is 19.1 Å². The van der Waals surface area contributed by atoms with E-state index in [2.05, 4.69) is 27.0 Å². The first-order valence-corrected chi connectivity index (χ1v) is 6.06. The van der Waals surface area contributed by atoms with Gasteiger partial charge in [0.15, 0.2) is 0 Å². The summed E-state index contributed by atoms with van der Waals surface area (Å²) in [6.07, 6.45) is 2.97. The van der Waals surface area contributed by atoms with Crippen molar-refractivity contribution < 1.29 is 19.1 Å². The number of carbonyl (C=O) groups excluding carboxylic acids is 2. The molecule has 0 aromatic carbocycles. The van der Waals surface area contributed by atoms with Gasteiger partial charge in [0.05, 0.1) is 0 Å². The van der Waals surface area contributed by atoms with Crippen molar-refractivity contribution in [1.29, 1.82) is 0 Å². The molecule has 1 atom stereocenters. The summed E-state index contributed by atoms with van der Waals surface area (Å²) in [6.45, 7) is 12.7. The summed E-state index contributed by atoms with van der Waals surface area (Å²) in [6, 6.07) is 0. The highest BCUT2D eigenvalue weighted by molar-refractivity contribution is 5.83. The molecule has 102 valence electrons. The van der Waals surface area contributed by atoms with Crippen LogP contribution in [-0.4, -0.2) is 18.2 Å². The van der Waals surface area contributed by atoms with E-state index in [1.807, 2.05) is 6.92 Å². The van der Waals surface area contributed by atoms with Crippen LogP contribution in [0.15, 0.2) is 25.3 Å². The molecule has 0 saturated carbocycles. The van der Waals surface area contributed by atoms with Gasteiger partial charge in [-0.15, -0.1) is 0 Å². The maximum absolute atomic E-state index is 11.2. The second-order valence-electron chi connectivity index (χ2n) is 4.60. The lowest BCUT2D eigenvalue weighted by Gasteiger charge is -2.23. The molecule has 0 saturated heterocycles. The molecule has 0 aromatic rings. The van der Waals surface area contributed by atoms with E-state index in [9.17, 15) is 9.59 Å². The first-order valence-electron chi connectivity index (χ1n) is 6.06. The van der Waals surface area contributed by atoms with Gasteiger partial charge in [-0.2, -0.15) is 0 Å². The van der Waals surface area contributed by atoms with E-state index in [4.69, 9.17) is 9.47 Å². The molecule has 0 amide bonds. The monoisotopic (exact) mass is 254 g/mol. The zero-order chi connectivity index (χ0) is 14.1. The van der Waals surface area contributed by atoms with Gasteiger partial charge in [0, 0.05) is 18.1 Å². The number of carbonyl (C=O) groups is 2. The lowest BCUT2D eigenvalue weighted by Crippen LogP contribution is -2.29. The van der Waals surface area contributed by atoms with Gasteiger partial charge in [-0.1, -0.05) is 40.3 Å². The third-order valence-electron chi connectivity index (χ3n) is 2.46. The Kier molecular flexibility index (Phi) is 7.76. The van der Waals surface area contributed by atoms with Crippen molar-refractivity contribution in [2.45, 2.75) is 39.9 Å². The van der Waals surface area contributed by atoms with Gasteiger partial charge in [-0.25, -0.2) is 9.59 Å². The molecule has 0 fully saturated rings. The van der Waals surface area contributed by atoms with Gasteiger partial charge in [-0.05, 0) is 12.3 Å². The number of hydrogen-bond acceptors (Lipinski definition) is 4. The Hall–Kier alpha value is -1.58. The average molecular weight is 254 g/mol. The van der Waals surface area contributed by atoms with Crippen LogP contribution in [0, 0.1) is 11.8 Å². The fourth-order valence-electron chi connectivity index (χ4n) is 1.31. The standard InChI is InChI=1S/C14H22O4/c1-6-12(15)17-14(18-13(16)7-2)11(5)9-8-10(3)4/h6-7,10-11,14H,1-2,8-9H2,3-5H3. The molecule has 0 aromatic heterocycles. The Morgan fingerprint density at radius 1 is 1.00 bits per heavy atom. The first-order chi connectivity index (χ1) is 8.40. The topological polar surface area (TPSA) is 52.6 Å². The van der Waals surface area contributed by atoms with Crippen molar-refractivity contribution in [2.75, 3.05) is 0 Å². The van der Waals surface area contributed by atoms with E-state index in [0.717, 1.165) is 25.0 Å². The summed E-state index contributed by atoms with van der Waals surface area (Å²) < 4.78 is 10.0. The summed E-state index contributed by atoms with van der Waals surface area (Å²) in [4.78, 5) is 22.4. The quantitative estimate of drug-likeness (QED) is 0.380. The highest BCUT2D eigenvalue weighted by Crippen LogP contribution is 2.19. The number of rotatable bonds is 8. The Bertz CT molecular complexity index is 285. The van der Waals surface area contributed by atoms with Crippen molar-refractivity contribution in [3.63, 3.8) is 0 Å². The molecule has 1 unspecified atom stereocenters. The molecule has 4 nitrogen and oxygen atoms in total. The van der Waals surface area contributed by atoms with E-state index in [-0.39, 0.29) is 5.92 Å². The van der Waals surface area contributed by atoms with Crippen LogP contribution in [0.2, 0.25) is 0 Å². The first kappa shape index (κ1) is 16.4. The number of ether oxygens (including phenoxy) is 2. The Morgan fingerprint density at radius 2 is 1.44 bits per heavy atom. The minimum absolute atomic E-state index is 0.0693. The molecule has 4 heteroatoms. The summed E-state index contributed by atoms with van der Waals surface area (Å²) in [5, 5.41) is 0. The van der Waals surface area contributed by atoms with Gasteiger partial charge < -0.3 is 9.47 Å². The Labute approximate surface area is 109 Å². The smallest absolute Gasteiger partial charge is 0.333 e. The zero-order valence-electron chi connectivity index (χ0n) is 11.3. The van der Waals surface area contributed by atoms with E-state index in [1.165, 1.54) is 0 Å². The number of esters is 2. The molecule has 0 spiro atoms. The van der Waals surface area contributed by atoms with Gasteiger partial charge in [0.1, 0.15) is 0 Å². The zero-order valence-corrected chi connectivity index (χ0v) is 11.3. The predicted molar refractivity (Wildman–Crippen MR) is 69.6 cm³/mol. The maximum atomic E-state index is 11.2. The van der Waals surface area contributed by atoms with Crippen LogP contribution in [0.4, 0.5) is 0 Å². The molecular weight excluding hydrogens is 232 g/mol.